The van der Waals surface area contributed by atoms with E-state index < -0.39 is 12.1 Å². The molecule has 1 unspecified atom stereocenters. The molecule has 0 spiro atoms. The SMILES string of the molecule is CCC1NC(=O)N(Cc2cn(-c3ccc(Cl)cc3)nn2)C1=O. The van der Waals surface area contributed by atoms with Gasteiger partial charge in [-0.15, -0.1) is 5.10 Å². The fraction of sp³-hybridized carbons (Fsp3) is 0.286. The van der Waals surface area contributed by atoms with Crippen molar-refractivity contribution in [3.63, 3.8) is 0 Å². The van der Waals surface area contributed by atoms with E-state index in [-0.39, 0.29) is 12.5 Å². The number of nitrogens with one attached hydrogen (secondary N) is 1. The van der Waals surface area contributed by atoms with Crippen LogP contribution in [0.4, 0.5) is 4.79 Å². The van der Waals surface area contributed by atoms with E-state index in [1.165, 1.54) is 0 Å². The molecule has 1 aliphatic heterocycles. The first-order chi connectivity index (χ1) is 10.6. The molecule has 114 valence electrons. The molecule has 1 saturated heterocycles. The Bertz CT molecular complexity index is 712. The van der Waals surface area contributed by atoms with E-state index in [1.807, 2.05) is 19.1 Å². The monoisotopic (exact) mass is 319 g/mol. The molecule has 3 rings (SSSR count). The number of carbonyl (C=O) groups excluding carboxylic acids is 2. The maximum Gasteiger partial charge on any atom is 0.325 e. The van der Waals surface area contributed by atoms with Gasteiger partial charge in [-0.05, 0) is 30.7 Å². The van der Waals surface area contributed by atoms with Crippen LogP contribution in [0.3, 0.4) is 0 Å². The first-order valence-electron chi connectivity index (χ1n) is 6.87. The Hall–Kier alpha value is -2.41. The Balaban J connectivity index is 1.76. The van der Waals surface area contributed by atoms with Crippen molar-refractivity contribution in [2.45, 2.75) is 25.9 Å². The third-order valence-electron chi connectivity index (χ3n) is 3.47. The Morgan fingerprint density at radius 2 is 2.00 bits per heavy atom. The van der Waals surface area contributed by atoms with Crippen molar-refractivity contribution in [3.05, 3.63) is 41.2 Å². The highest BCUT2D eigenvalue weighted by atomic mass is 35.5. The zero-order valence-electron chi connectivity index (χ0n) is 11.9. The van der Waals surface area contributed by atoms with Crippen molar-refractivity contribution in [1.29, 1.82) is 0 Å². The minimum Gasteiger partial charge on any atom is -0.326 e. The number of hydrogen-bond acceptors (Lipinski definition) is 4. The Morgan fingerprint density at radius 3 is 2.64 bits per heavy atom. The minimum atomic E-state index is -0.446. The molecule has 1 N–H and O–H groups in total. The van der Waals surface area contributed by atoms with Gasteiger partial charge < -0.3 is 5.32 Å². The second-order valence-corrected chi connectivity index (χ2v) is 5.40. The van der Waals surface area contributed by atoms with Crippen LogP contribution in [-0.4, -0.2) is 37.9 Å². The predicted octanol–water partition coefficient (Wildman–Crippen LogP) is 1.75. The maximum absolute atomic E-state index is 12.0. The number of amides is 3. The molecule has 3 amide bonds. The smallest absolute Gasteiger partial charge is 0.325 e. The number of nitrogens with zero attached hydrogens (tertiary/aromatic N) is 4. The van der Waals surface area contributed by atoms with Gasteiger partial charge in [0.05, 0.1) is 18.4 Å². The molecule has 8 heteroatoms. The standard InChI is InChI=1S/C14H14ClN5O2/c1-2-12-13(21)19(14(22)16-12)7-10-8-20(18-17-10)11-5-3-9(15)4-6-11/h3-6,8,12H,2,7H2,1H3,(H,16,22). The number of hydrogen-bond donors (Lipinski definition) is 1. The summed E-state index contributed by atoms with van der Waals surface area (Å²) in [6, 6.07) is 6.28. The summed E-state index contributed by atoms with van der Waals surface area (Å²) in [6.07, 6.45) is 2.25. The van der Waals surface area contributed by atoms with E-state index in [2.05, 4.69) is 15.6 Å². The lowest BCUT2D eigenvalue weighted by Crippen LogP contribution is -2.30. The van der Waals surface area contributed by atoms with Gasteiger partial charge in [0.1, 0.15) is 11.7 Å². The van der Waals surface area contributed by atoms with Crippen LogP contribution >= 0.6 is 11.6 Å². The van der Waals surface area contributed by atoms with Crippen LogP contribution in [0, 0.1) is 0 Å². The van der Waals surface area contributed by atoms with Crippen LogP contribution in [0.1, 0.15) is 19.0 Å². The number of halogens is 1. The molecule has 1 aromatic carbocycles. The number of carbonyl (C=O) groups is 2. The van der Waals surface area contributed by atoms with E-state index in [0.29, 0.717) is 17.1 Å². The van der Waals surface area contributed by atoms with Gasteiger partial charge in [-0.3, -0.25) is 9.69 Å². The van der Waals surface area contributed by atoms with E-state index in [4.69, 9.17) is 11.6 Å². The van der Waals surface area contributed by atoms with Gasteiger partial charge in [-0.1, -0.05) is 23.7 Å². The lowest BCUT2D eigenvalue weighted by molar-refractivity contribution is -0.127. The zero-order chi connectivity index (χ0) is 15.7. The predicted molar refractivity (Wildman–Crippen MR) is 79.5 cm³/mol. The fourth-order valence-corrected chi connectivity index (χ4v) is 2.38. The fourth-order valence-electron chi connectivity index (χ4n) is 2.26. The number of benzene rings is 1. The van der Waals surface area contributed by atoms with Gasteiger partial charge >= 0.3 is 6.03 Å². The van der Waals surface area contributed by atoms with Crippen molar-refractivity contribution in [2.75, 3.05) is 0 Å². The highest BCUT2D eigenvalue weighted by Crippen LogP contribution is 2.15. The molecule has 1 aliphatic rings. The summed E-state index contributed by atoms with van der Waals surface area (Å²) in [5, 5.41) is 11.3. The van der Waals surface area contributed by atoms with E-state index in [0.717, 1.165) is 10.6 Å². The number of urea groups is 1. The Kier molecular flexibility index (Phi) is 3.81. The van der Waals surface area contributed by atoms with Crippen LogP contribution in [0.5, 0.6) is 0 Å². The van der Waals surface area contributed by atoms with Crippen molar-refractivity contribution >= 4 is 23.5 Å². The molecule has 2 aromatic rings. The third-order valence-corrected chi connectivity index (χ3v) is 3.72. The Morgan fingerprint density at radius 1 is 1.27 bits per heavy atom. The normalized spacial score (nSPS) is 17.9. The highest BCUT2D eigenvalue weighted by molar-refractivity contribution is 6.30. The first kappa shape index (κ1) is 14.5. The number of aromatic nitrogens is 3. The molecule has 2 heterocycles. The largest absolute Gasteiger partial charge is 0.326 e. The van der Waals surface area contributed by atoms with Crippen LogP contribution in [0.25, 0.3) is 5.69 Å². The average Bonchev–Trinajstić information content (AvgIpc) is 3.08. The molecule has 1 aromatic heterocycles. The van der Waals surface area contributed by atoms with Gasteiger partial charge in [-0.2, -0.15) is 0 Å². The molecule has 0 saturated carbocycles. The second-order valence-electron chi connectivity index (χ2n) is 4.97. The summed E-state index contributed by atoms with van der Waals surface area (Å²) in [7, 11) is 0. The molecule has 7 nitrogen and oxygen atoms in total. The lowest BCUT2D eigenvalue weighted by Gasteiger charge is -2.10. The molecule has 0 bridgehead atoms. The van der Waals surface area contributed by atoms with E-state index >= 15 is 0 Å². The summed E-state index contributed by atoms with van der Waals surface area (Å²) >= 11 is 5.84. The van der Waals surface area contributed by atoms with Crippen LogP contribution in [0.15, 0.2) is 30.5 Å². The molecule has 1 atom stereocenters. The van der Waals surface area contributed by atoms with Gasteiger partial charge in [0.25, 0.3) is 5.91 Å². The third kappa shape index (κ3) is 2.67. The topological polar surface area (TPSA) is 80.1 Å². The maximum atomic E-state index is 12.0. The van der Waals surface area contributed by atoms with Gasteiger partial charge in [0.2, 0.25) is 0 Å². The second kappa shape index (κ2) is 5.76. The Labute approximate surface area is 131 Å². The first-order valence-corrected chi connectivity index (χ1v) is 7.25. The average molecular weight is 320 g/mol. The minimum absolute atomic E-state index is 0.106. The van der Waals surface area contributed by atoms with Crippen LogP contribution < -0.4 is 5.32 Å². The van der Waals surface area contributed by atoms with E-state index in [9.17, 15) is 9.59 Å². The van der Waals surface area contributed by atoms with E-state index in [1.54, 1.807) is 23.0 Å². The van der Waals surface area contributed by atoms with Crippen molar-refractivity contribution in [2.24, 2.45) is 0 Å². The molecule has 1 fully saturated rings. The van der Waals surface area contributed by atoms with Crippen LogP contribution in [-0.2, 0) is 11.3 Å². The molecule has 0 aliphatic carbocycles. The molecular formula is C14H14ClN5O2. The molecular weight excluding hydrogens is 306 g/mol. The summed E-state index contributed by atoms with van der Waals surface area (Å²) in [4.78, 5) is 25.0. The van der Waals surface area contributed by atoms with Gasteiger partial charge in [0, 0.05) is 5.02 Å². The summed E-state index contributed by atoms with van der Waals surface area (Å²) < 4.78 is 1.57. The molecule has 0 radical (unpaired) electrons. The zero-order valence-corrected chi connectivity index (χ0v) is 12.6. The number of rotatable bonds is 4. The van der Waals surface area contributed by atoms with Crippen molar-refractivity contribution < 1.29 is 9.59 Å². The van der Waals surface area contributed by atoms with Crippen molar-refractivity contribution in [3.8, 4) is 5.69 Å². The molecule has 22 heavy (non-hydrogen) atoms. The van der Waals surface area contributed by atoms with Crippen molar-refractivity contribution in [1.82, 2.24) is 25.2 Å². The number of imide groups is 1. The quantitative estimate of drug-likeness (QED) is 0.871. The van der Waals surface area contributed by atoms with Gasteiger partial charge in [-0.25, -0.2) is 9.48 Å². The lowest BCUT2D eigenvalue weighted by atomic mass is 10.2. The highest BCUT2D eigenvalue weighted by Gasteiger charge is 2.37. The van der Waals surface area contributed by atoms with Crippen LogP contribution in [0.2, 0.25) is 5.02 Å². The summed E-state index contributed by atoms with van der Waals surface area (Å²) in [6.45, 7) is 1.96. The van der Waals surface area contributed by atoms with Gasteiger partial charge in [0.15, 0.2) is 0 Å². The summed E-state index contributed by atoms with van der Waals surface area (Å²) in [5.74, 6) is -0.228. The summed E-state index contributed by atoms with van der Waals surface area (Å²) in [5.41, 5.74) is 1.34.